The second-order valence-electron chi connectivity index (χ2n) is 5.94. The summed E-state index contributed by atoms with van der Waals surface area (Å²) in [6.07, 6.45) is 1.78. The minimum absolute atomic E-state index is 0.0220. The van der Waals surface area contributed by atoms with Gasteiger partial charge >= 0.3 is 0 Å². The molecule has 1 aliphatic rings. The minimum atomic E-state index is -0.539. The third-order valence-corrected chi connectivity index (χ3v) is 3.14. The third-order valence-electron chi connectivity index (χ3n) is 3.14. The van der Waals surface area contributed by atoms with E-state index in [-0.39, 0.29) is 11.5 Å². The number of benzene rings is 1. The van der Waals surface area contributed by atoms with E-state index in [1.165, 1.54) is 0 Å². The fourth-order valence-corrected chi connectivity index (χ4v) is 2.04. The van der Waals surface area contributed by atoms with Gasteiger partial charge in [-0.2, -0.15) is 0 Å². The fraction of sp³-hybridized carbons (Fsp3) is 0.294. The first-order valence-electron chi connectivity index (χ1n) is 6.61. The summed E-state index contributed by atoms with van der Waals surface area (Å²) < 4.78 is 0. The summed E-state index contributed by atoms with van der Waals surface area (Å²) in [6, 6.07) is 9.61. The lowest BCUT2D eigenvalue weighted by Gasteiger charge is -2.17. The van der Waals surface area contributed by atoms with Crippen molar-refractivity contribution in [3.05, 3.63) is 52.9 Å². The number of aliphatic hydroxyl groups is 1. The highest BCUT2D eigenvalue weighted by atomic mass is 16.3. The molecule has 0 spiro atoms. The number of aliphatic hydroxyl groups excluding tert-OH is 1. The van der Waals surface area contributed by atoms with Crippen molar-refractivity contribution in [1.29, 1.82) is 0 Å². The van der Waals surface area contributed by atoms with Crippen molar-refractivity contribution < 1.29 is 9.90 Å². The maximum Gasteiger partial charge on any atom is 0.173 e. The summed E-state index contributed by atoms with van der Waals surface area (Å²) in [5, 5.41) is 10.3. The normalized spacial score (nSPS) is 17.6. The Kier molecular flexibility index (Phi) is 3.62. The van der Waals surface area contributed by atoms with E-state index in [0.29, 0.717) is 17.0 Å². The average molecular weight is 269 g/mol. The van der Waals surface area contributed by atoms with E-state index in [9.17, 15) is 9.90 Å². The van der Waals surface area contributed by atoms with Crippen LogP contribution < -0.4 is 0 Å². The second kappa shape index (κ2) is 5.08. The number of hydrogen-bond acceptors (Lipinski definition) is 3. The second-order valence-corrected chi connectivity index (χ2v) is 5.94. The molecule has 0 saturated carbocycles. The Morgan fingerprint density at radius 3 is 2.35 bits per heavy atom. The maximum absolute atomic E-state index is 12.4. The Labute approximate surface area is 119 Å². The lowest BCUT2D eigenvalue weighted by molar-refractivity contribution is -0.122. The van der Waals surface area contributed by atoms with Crippen molar-refractivity contribution in [2.75, 3.05) is 0 Å². The van der Waals surface area contributed by atoms with Gasteiger partial charge in [-0.3, -0.25) is 4.79 Å². The van der Waals surface area contributed by atoms with Crippen LogP contribution in [0.25, 0.3) is 6.08 Å². The van der Waals surface area contributed by atoms with Gasteiger partial charge in [0.05, 0.1) is 11.3 Å². The molecular formula is C17H19NO2. The molecule has 0 aliphatic carbocycles. The smallest absolute Gasteiger partial charge is 0.173 e. The molecule has 1 aromatic rings. The van der Waals surface area contributed by atoms with Gasteiger partial charge in [0.25, 0.3) is 0 Å². The monoisotopic (exact) mass is 269 g/mol. The molecule has 0 radical (unpaired) electrons. The van der Waals surface area contributed by atoms with Gasteiger partial charge in [-0.15, -0.1) is 0 Å². The zero-order valence-electron chi connectivity index (χ0n) is 12.3. The van der Waals surface area contributed by atoms with Gasteiger partial charge in [-0.25, -0.2) is 4.99 Å². The molecular weight excluding hydrogens is 250 g/mol. The number of rotatable bonds is 2. The quantitative estimate of drug-likeness (QED) is 0.884. The van der Waals surface area contributed by atoms with Gasteiger partial charge in [-0.05, 0) is 18.6 Å². The molecule has 0 fully saturated rings. The van der Waals surface area contributed by atoms with E-state index < -0.39 is 5.41 Å². The van der Waals surface area contributed by atoms with E-state index in [2.05, 4.69) is 4.99 Å². The van der Waals surface area contributed by atoms with Crippen molar-refractivity contribution in [1.82, 2.24) is 0 Å². The summed E-state index contributed by atoms with van der Waals surface area (Å²) in [4.78, 5) is 16.7. The first-order valence-corrected chi connectivity index (χ1v) is 6.61. The van der Waals surface area contributed by atoms with E-state index in [1.807, 2.05) is 51.1 Å². The molecule has 1 aliphatic heterocycles. The number of nitrogens with zero attached hydrogens (tertiary/aromatic N) is 1. The molecule has 1 aromatic carbocycles. The Balaban J connectivity index is 2.44. The number of Topliss-reactive ketones (excluding diaryl/α,β-unsaturated/α-hetero) is 1. The van der Waals surface area contributed by atoms with Crippen molar-refractivity contribution in [2.45, 2.75) is 27.7 Å². The minimum Gasteiger partial charge on any atom is -0.505 e. The summed E-state index contributed by atoms with van der Waals surface area (Å²) >= 11 is 0. The maximum atomic E-state index is 12.4. The summed E-state index contributed by atoms with van der Waals surface area (Å²) in [7, 11) is 0. The van der Waals surface area contributed by atoms with Gasteiger partial charge in [-0.1, -0.05) is 51.1 Å². The van der Waals surface area contributed by atoms with Crippen molar-refractivity contribution in [2.24, 2.45) is 10.4 Å². The van der Waals surface area contributed by atoms with Crippen LogP contribution in [0.3, 0.4) is 0 Å². The zero-order valence-corrected chi connectivity index (χ0v) is 12.3. The molecule has 0 aromatic heterocycles. The fourth-order valence-electron chi connectivity index (χ4n) is 2.04. The standard InChI is InChI=1S/C17H19NO2/c1-11-14(16(20)17(2,3)4)15(19)13(18-11)10-12-8-6-5-7-9-12/h5-10,19H,1-4H3/b13-10+. The van der Waals surface area contributed by atoms with Gasteiger partial charge in [0, 0.05) is 5.41 Å². The molecule has 0 bridgehead atoms. The van der Waals surface area contributed by atoms with Crippen molar-refractivity contribution in [3.63, 3.8) is 0 Å². The Morgan fingerprint density at radius 1 is 1.20 bits per heavy atom. The topological polar surface area (TPSA) is 49.7 Å². The molecule has 2 rings (SSSR count). The molecule has 1 heterocycles. The Bertz CT molecular complexity index is 629. The van der Waals surface area contributed by atoms with Crippen molar-refractivity contribution in [3.8, 4) is 0 Å². The predicted octanol–water partition coefficient (Wildman–Crippen LogP) is 3.93. The molecule has 3 heteroatoms. The van der Waals surface area contributed by atoms with E-state index in [1.54, 1.807) is 13.0 Å². The summed E-state index contributed by atoms with van der Waals surface area (Å²) in [5.74, 6) is -0.112. The number of aliphatic imine (C=N–C) groups is 1. The highest BCUT2D eigenvalue weighted by molar-refractivity contribution is 6.25. The van der Waals surface area contributed by atoms with Crippen LogP contribution in [-0.2, 0) is 4.79 Å². The molecule has 104 valence electrons. The van der Waals surface area contributed by atoms with Crippen LogP contribution in [0.2, 0.25) is 0 Å². The van der Waals surface area contributed by atoms with Gasteiger partial charge in [0.2, 0.25) is 0 Å². The number of hydrogen-bond donors (Lipinski definition) is 1. The van der Waals surface area contributed by atoms with Crippen LogP contribution >= 0.6 is 0 Å². The highest BCUT2D eigenvalue weighted by Gasteiger charge is 2.33. The molecule has 0 saturated heterocycles. The molecule has 3 nitrogen and oxygen atoms in total. The van der Waals surface area contributed by atoms with E-state index >= 15 is 0 Å². The number of allylic oxidation sites excluding steroid dienone is 1. The lowest BCUT2D eigenvalue weighted by Crippen LogP contribution is -2.25. The summed E-state index contributed by atoms with van der Waals surface area (Å²) in [6.45, 7) is 7.26. The third kappa shape index (κ3) is 2.72. The molecule has 0 amide bonds. The van der Waals surface area contributed by atoms with Crippen LogP contribution in [-0.4, -0.2) is 16.6 Å². The van der Waals surface area contributed by atoms with E-state index in [4.69, 9.17) is 0 Å². The number of carbonyl (C=O) groups excluding carboxylic acids is 1. The van der Waals surface area contributed by atoms with E-state index in [0.717, 1.165) is 5.56 Å². The van der Waals surface area contributed by atoms with Gasteiger partial charge < -0.3 is 5.11 Å². The molecule has 0 unspecified atom stereocenters. The largest absolute Gasteiger partial charge is 0.505 e. The van der Waals surface area contributed by atoms with Gasteiger partial charge in [0.1, 0.15) is 5.70 Å². The van der Waals surface area contributed by atoms with Gasteiger partial charge in [0.15, 0.2) is 11.5 Å². The average Bonchev–Trinajstić information content (AvgIpc) is 2.64. The highest BCUT2D eigenvalue weighted by Crippen LogP contribution is 2.31. The van der Waals surface area contributed by atoms with Crippen molar-refractivity contribution >= 4 is 17.6 Å². The molecule has 0 atom stereocenters. The lowest BCUT2D eigenvalue weighted by atomic mass is 9.84. The first-order chi connectivity index (χ1) is 9.30. The molecule has 1 N–H and O–H groups in total. The van der Waals surface area contributed by atoms with Crippen LogP contribution in [0.5, 0.6) is 0 Å². The number of carbonyl (C=O) groups is 1. The zero-order chi connectivity index (χ0) is 14.9. The first kappa shape index (κ1) is 14.3. The SMILES string of the molecule is CC1=N/C(=C/c2ccccc2)C(O)=C1C(=O)C(C)(C)C. The molecule has 20 heavy (non-hydrogen) atoms. The Hall–Kier alpha value is -2.16. The van der Waals surface area contributed by atoms with Crippen LogP contribution in [0.15, 0.2) is 52.4 Å². The predicted molar refractivity (Wildman–Crippen MR) is 81.6 cm³/mol. The van der Waals surface area contributed by atoms with Crippen LogP contribution in [0, 0.1) is 5.41 Å². The Morgan fingerprint density at radius 2 is 1.80 bits per heavy atom. The van der Waals surface area contributed by atoms with Crippen LogP contribution in [0.4, 0.5) is 0 Å². The summed E-state index contributed by atoms with van der Waals surface area (Å²) in [5.41, 5.74) is 1.75. The number of ketones is 1. The van der Waals surface area contributed by atoms with Crippen LogP contribution in [0.1, 0.15) is 33.3 Å².